The minimum Gasteiger partial charge on any atom is -0.334 e. The number of benzene rings is 1. The second kappa shape index (κ2) is 5.55. The normalized spacial score (nSPS) is 10.9. The zero-order valence-corrected chi connectivity index (χ0v) is 11.5. The Labute approximate surface area is 113 Å². The molecule has 0 saturated heterocycles. The second-order valence-electron chi connectivity index (χ2n) is 4.46. The fourth-order valence-corrected chi connectivity index (χ4v) is 2.25. The Morgan fingerprint density at radius 1 is 1.28 bits per heavy atom. The van der Waals surface area contributed by atoms with E-state index in [2.05, 4.69) is 28.7 Å². The molecule has 0 unspecified atom stereocenters. The molecular weight excluding hydrogens is 246 g/mol. The lowest BCUT2D eigenvalue weighted by atomic mass is 10.1. The highest BCUT2D eigenvalue weighted by atomic mass is 35.5. The first kappa shape index (κ1) is 13.1. The minimum atomic E-state index is 0.630. The third kappa shape index (κ3) is 2.74. The predicted octanol–water partition coefficient (Wildman–Crippen LogP) is 2.47. The number of rotatable bonds is 4. The summed E-state index contributed by atoms with van der Waals surface area (Å²) in [5.41, 5.74) is 9.15. The summed E-state index contributed by atoms with van der Waals surface area (Å²) in [6.45, 7) is 2.68. The highest BCUT2D eigenvalue weighted by Crippen LogP contribution is 2.17. The van der Waals surface area contributed by atoms with Gasteiger partial charge in [-0.15, -0.1) is 0 Å². The van der Waals surface area contributed by atoms with E-state index in [-0.39, 0.29) is 0 Å². The van der Waals surface area contributed by atoms with E-state index >= 15 is 0 Å². The molecule has 0 fully saturated rings. The molecule has 0 radical (unpaired) electrons. The molecule has 96 valence electrons. The molecule has 2 aromatic rings. The predicted molar refractivity (Wildman–Crippen MR) is 75.0 cm³/mol. The number of aryl methyl sites for hydroxylation is 1. The van der Waals surface area contributed by atoms with Crippen molar-refractivity contribution in [1.82, 2.24) is 9.55 Å². The maximum absolute atomic E-state index is 5.89. The average Bonchev–Trinajstić information content (AvgIpc) is 2.60. The summed E-state index contributed by atoms with van der Waals surface area (Å²) >= 11 is 5.89. The number of aromatic nitrogens is 2. The van der Waals surface area contributed by atoms with E-state index in [4.69, 9.17) is 17.3 Å². The molecule has 3 nitrogen and oxygen atoms in total. The number of hydrogen-bond acceptors (Lipinski definition) is 2. The summed E-state index contributed by atoms with van der Waals surface area (Å²) in [4.78, 5) is 4.57. The Kier molecular flexibility index (Phi) is 4.04. The van der Waals surface area contributed by atoms with Gasteiger partial charge in [0, 0.05) is 30.6 Å². The van der Waals surface area contributed by atoms with Gasteiger partial charge >= 0.3 is 0 Å². The standard InChI is InChI=1S/C14H18ClN3/c1-10-13(18(2)14(17-10)7-8-16)9-11-3-5-12(15)6-4-11/h3-6H,7-9,16H2,1-2H3. The van der Waals surface area contributed by atoms with Crippen molar-refractivity contribution in [2.24, 2.45) is 12.8 Å². The monoisotopic (exact) mass is 263 g/mol. The molecule has 0 aliphatic rings. The van der Waals surface area contributed by atoms with Gasteiger partial charge in [0.05, 0.1) is 5.69 Å². The molecule has 2 rings (SSSR count). The lowest BCUT2D eigenvalue weighted by Gasteiger charge is -2.06. The van der Waals surface area contributed by atoms with Crippen LogP contribution in [0, 0.1) is 6.92 Å². The van der Waals surface area contributed by atoms with Crippen LogP contribution in [0.1, 0.15) is 22.8 Å². The SMILES string of the molecule is Cc1nc(CCN)n(C)c1Cc1ccc(Cl)cc1. The smallest absolute Gasteiger partial charge is 0.110 e. The van der Waals surface area contributed by atoms with Crippen molar-refractivity contribution in [1.29, 1.82) is 0 Å². The maximum Gasteiger partial charge on any atom is 0.110 e. The van der Waals surface area contributed by atoms with E-state index in [1.165, 1.54) is 11.3 Å². The zero-order valence-electron chi connectivity index (χ0n) is 10.8. The fourth-order valence-electron chi connectivity index (χ4n) is 2.13. The molecule has 4 heteroatoms. The Balaban J connectivity index is 2.26. The van der Waals surface area contributed by atoms with Gasteiger partial charge in [-0.25, -0.2) is 4.98 Å². The number of nitrogens with zero attached hydrogens (tertiary/aromatic N) is 2. The van der Waals surface area contributed by atoms with E-state index in [0.29, 0.717) is 6.54 Å². The molecule has 0 aliphatic carbocycles. The average molecular weight is 264 g/mol. The van der Waals surface area contributed by atoms with Crippen LogP contribution < -0.4 is 5.73 Å². The van der Waals surface area contributed by atoms with Crippen LogP contribution in [0.2, 0.25) is 5.02 Å². The van der Waals surface area contributed by atoms with Crippen LogP contribution in [0.3, 0.4) is 0 Å². The molecular formula is C14H18ClN3. The van der Waals surface area contributed by atoms with Gasteiger partial charge < -0.3 is 10.3 Å². The van der Waals surface area contributed by atoms with Crippen molar-refractivity contribution in [3.05, 3.63) is 52.1 Å². The van der Waals surface area contributed by atoms with Gasteiger partial charge in [-0.2, -0.15) is 0 Å². The van der Waals surface area contributed by atoms with Gasteiger partial charge in [-0.1, -0.05) is 23.7 Å². The number of nitrogens with two attached hydrogens (primary N) is 1. The third-order valence-corrected chi connectivity index (χ3v) is 3.41. The van der Waals surface area contributed by atoms with Crippen LogP contribution in [-0.4, -0.2) is 16.1 Å². The molecule has 0 amide bonds. The van der Waals surface area contributed by atoms with Crippen LogP contribution in [0.25, 0.3) is 0 Å². The first-order valence-corrected chi connectivity index (χ1v) is 6.45. The van der Waals surface area contributed by atoms with E-state index in [9.17, 15) is 0 Å². The van der Waals surface area contributed by atoms with E-state index in [0.717, 1.165) is 29.4 Å². The number of imidazole rings is 1. The molecule has 1 heterocycles. The van der Waals surface area contributed by atoms with Crippen molar-refractivity contribution >= 4 is 11.6 Å². The Morgan fingerprint density at radius 2 is 1.94 bits per heavy atom. The van der Waals surface area contributed by atoms with E-state index in [1.807, 2.05) is 19.1 Å². The molecule has 1 aromatic heterocycles. The number of hydrogen-bond donors (Lipinski definition) is 1. The van der Waals surface area contributed by atoms with Crippen LogP contribution in [-0.2, 0) is 19.9 Å². The minimum absolute atomic E-state index is 0.630. The largest absolute Gasteiger partial charge is 0.334 e. The summed E-state index contributed by atoms with van der Waals surface area (Å²) in [5, 5.41) is 0.768. The molecule has 0 aliphatic heterocycles. The van der Waals surface area contributed by atoms with E-state index < -0.39 is 0 Å². The second-order valence-corrected chi connectivity index (χ2v) is 4.90. The van der Waals surface area contributed by atoms with Crippen molar-refractivity contribution in [2.45, 2.75) is 19.8 Å². The van der Waals surface area contributed by atoms with Crippen LogP contribution in [0.5, 0.6) is 0 Å². The van der Waals surface area contributed by atoms with Gasteiger partial charge in [-0.05, 0) is 31.2 Å². The lowest BCUT2D eigenvalue weighted by molar-refractivity contribution is 0.749. The maximum atomic E-state index is 5.89. The Hall–Kier alpha value is -1.32. The van der Waals surface area contributed by atoms with Crippen LogP contribution in [0.15, 0.2) is 24.3 Å². The van der Waals surface area contributed by atoms with Gasteiger partial charge in [0.1, 0.15) is 5.82 Å². The summed E-state index contributed by atoms with van der Waals surface area (Å²) in [6, 6.07) is 7.95. The summed E-state index contributed by atoms with van der Waals surface area (Å²) < 4.78 is 2.15. The lowest BCUT2D eigenvalue weighted by Crippen LogP contribution is -2.09. The van der Waals surface area contributed by atoms with Crippen molar-refractivity contribution in [2.75, 3.05) is 6.54 Å². The van der Waals surface area contributed by atoms with E-state index in [1.54, 1.807) is 0 Å². The summed E-state index contributed by atoms with van der Waals surface area (Å²) in [7, 11) is 2.05. The molecule has 0 atom stereocenters. The van der Waals surface area contributed by atoms with Crippen molar-refractivity contribution < 1.29 is 0 Å². The Bertz CT molecular complexity index is 529. The molecule has 1 aromatic carbocycles. The zero-order chi connectivity index (χ0) is 13.1. The molecule has 0 spiro atoms. The van der Waals surface area contributed by atoms with Crippen LogP contribution in [0.4, 0.5) is 0 Å². The molecule has 0 bridgehead atoms. The molecule has 0 saturated carbocycles. The molecule has 2 N–H and O–H groups in total. The summed E-state index contributed by atoms with van der Waals surface area (Å²) in [5.74, 6) is 1.05. The first-order valence-electron chi connectivity index (χ1n) is 6.07. The summed E-state index contributed by atoms with van der Waals surface area (Å²) in [6.07, 6.45) is 1.69. The highest BCUT2D eigenvalue weighted by molar-refractivity contribution is 6.30. The number of halogens is 1. The molecule has 18 heavy (non-hydrogen) atoms. The van der Waals surface area contributed by atoms with Gasteiger partial charge in [0.2, 0.25) is 0 Å². The third-order valence-electron chi connectivity index (χ3n) is 3.16. The fraction of sp³-hybridized carbons (Fsp3) is 0.357. The van der Waals surface area contributed by atoms with Crippen molar-refractivity contribution in [3.63, 3.8) is 0 Å². The topological polar surface area (TPSA) is 43.8 Å². The highest BCUT2D eigenvalue weighted by Gasteiger charge is 2.11. The Morgan fingerprint density at radius 3 is 2.56 bits per heavy atom. The van der Waals surface area contributed by atoms with Crippen LogP contribution >= 0.6 is 11.6 Å². The van der Waals surface area contributed by atoms with Gasteiger partial charge in [0.15, 0.2) is 0 Å². The van der Waals surface area contributed by atoms with Gasteiger partial charge in [0.25, 0.3) is 0 Å². The first-order chi connectivity index (χ1) is 8.61. The quantitative estimate of drug-likeness (QED) is 0.921. The van der Waals surface area contributed by atoms with Crippen molar-refractivity contribution in [3.8, 4) is 0 Å². The van der Waals surface area contributed by atoms with Gasteiger partial charge in [-0.3, -0.25) is 0 Å².